The fourth-order valence-corrected chi connectivity index (χ4v) is 4.86. The first-order valence-electron chi connectivity index (χ1n) is 11.3. The van der Waals surface area contributed by atoms with E-state index in [0.29, 0.717) is 18.9 Å². The topological polar surface area (TPSA) is 119 Å². The van der Waals surface area contributed by atoms with Crippen LogP contribution in [-0.2, 0) is 16.1 Å². The number of para-hydroxylation sites is 1. The zero-order chi connectivity index (χ0) is 21.6. The molecule has 0 bridgehead atoms. The Morgan fingerprint density at radius 2 is 1.94 bits per heavy atom. The summed E-state index contributed by atoms with van der Waals surface area (Å²) in [4.78, 5) is 27.6. The molecule has 1 aromatic heterocycles. The van der Waals surface area contributed by atoms with Crippen molar-refractivity contribution < 1.29 is 9.59 Å². The van der Waals surface area contributed by atoms with Gasteiger partial charge in [-0.15, -0.1) is 5.10 Å². The Labute approximate surface area is 182 Å². The second kappa shape index (κ2) is 10.1. The largest absolute Gasteiger partial charge is 0.320 e. The van der Waals surface area contributed by atoms with Crippen molar-refractivity contribution in [1.29, 1.82) is 0 Å². The number of aromatic nitrogens is 4. The van der Waals surface area contributed by atoms with E-state index in [9.17, 15) is 9.59 Å². The molecule has 0 unspecified atom stereocenters. The van der Waals surface area contributed by atoms with Gasteiger partial charge in [-0.3, -0.25) is 19.8 Å². The van der Waals surface area contributed by atoms with Crippen LogP contribution in [0.25, 0.3) is 5.69 Å². The van der Waals surface area contributed by atoms with Crippen molar-refractivity contribution in [2.24, 2.45) is 11.7 Å². The molecule has 31 heavy (non-hydrogen) atoms. The quantitative estimate of drug-likeness (QED) is 0.691. The number of hydrogen-bond acceptors (Lipinski definition) is 7. The molecule has 2 heterocycles. The Kier molecular flexibility index (Phi) is 7.03. The molecular formula is C22H31N7O2. The molecule has 9 heteroatoms. The van der Waals surface area contributed by atoms with Crippen LogP contribution >= 0.6 is 0 Å². The number of carbonyl (C=O) groups is 2. The third-order valence-corrected chi connectivity index (χ3v) is 6.52. The van der Waals surface area contributed by atoms with Crippen molar-refractivity contribution >= 4 is 11.8 Å². The zero-order valence-corrected chi connectivity index (χ0v) is 17.8. The van der Waals surface area contributed by atoms with Crippen molar-refractivity contribution in [3.05, 3.63) is 36.2 Å². The fourth-order valence-electron chi connectivity index (χ4n) is 4.86. The van der Waals surface area contributed by atoms with Gasteiger partial charge in [-0.1, -0.05) is 50.3 Å². The van der Waals surface area contributed by atoms with E-state index >= 15 is 0 Å². The van der Waals surface area contributed by atoms with Crippen LogP contribution in [0.1, 0.15) is 56.9 Å². The molecule has 1 aromatic carbocycles. The smallest absolute Gasteiger partial charge is 0.243 e. The summed E-state index contributed by atoms with van der Waals surface area (Å²) in [6.45, 7) is 1.38. The van der Waals surface area contributed by atoms with E-state index in [0.717, 1.165) is 43.5 Å². The molecule has 2 aromatic rings. The Balaban J connectivity index is 1.36. The number of hydrogen-bond donors (Lipinski definition) is 2. The van der Waals surface area contributed by atoms with Crippen molar-refractivity contribution in [3.63, 3.8) is 0 Å². The highest BCUT2D eigenvalue weighted by Gasteiger charge is 2.33. The highest BCUT2D eigenvalue weighted by molar-refractivity contribution is 6.00. The fraction of sp³-hybridized carbons (Fsp3) is 0.591. The highest BCUT2D eigenvalue weighted by Crippen LogP contribution is 2.27. The summed E-state index contributed by atoms with van der Waals surface area (Å²) in [6.07, 6.45) is 9.80. The van der Waals surface area contributed by atoms with Gasteiger partial charge in [0.2, 0.25) is 11.8 Å². The van der Waals surface area contributed by atoms with Crippen molar-refractivity contribution in [3.8, 4) is 5.69 Å². The van der Waals surface area contributed by atoms with Gasteiger partial charge in [0.05, 0.1) is 17.8 Å². The van der Waals surface area contributed by atoms with Gasteiger partial charge in [0, 0.05) is 6.54 Å². The predicted molar refractivity (Wildman–Crippen MR) is 115 cm³/mol. The van der Waals surface area contributed by atoms with Crippen LogP contribution in [0.5, 0.6) is 0 Å². The van der Waals surface area contributed by atoms with Gasteiger partial charge >= 0.3 is 0 Å². The molecule has 1 aliphatic heterocycles. The summed E-state index contributed by atoms with van der Waals surface area (Å²) in [5.41, 5.74) is 8.03. The number of tetrazole rings is 1. The lowest BCUT2D eigenvalue weighted by Crippen LogP contribution is -2.50. The van der Waals surface area contributed by atoms with E-state index in [1.807, 2.05) is 24.3 Å². The lowest BCUT2D eigenvalue weighted by atomic mass is 9.85. The normalized spacial score (nSPS) is 21.1. The summed E-state index contributed by atoms with van der Waals surface area (Å²) >= 11 is 0. The third kappa shape index (κ3) is 5.34. The van der Waals surface area contributed by atoms with Gasteiger partial charge < -0.3 is 5.73 Å². The summed E-state index contributed by atoms with van der Waals surface area (Å²) in [5, 5.41) is 14.0. The van der Waals surface area contributed by atoms with Crippen LogP contribution in [0.15, 0.2) is 30.6 Å². The minimum absolute atomic E-state index is 0.249. The number of nitrogens with one attached hydrogen (secondary N) is 1. The summed E-state index contributed by atoms with van der Waals surface area (Å²) < 4.78 is 1.62. The summed E-state index contributed by atoms with van der Waals surface area (Å²) in [5.74, 6) is -0.103. The third-order valence-electron chi connectivity index (χ3n) is 6.52. The first-order chi connectivity index (χ1) is 15.1. The van der Waals surface area contributed by atoms with Crippen LogP contribution in [0.2, 0.25) is 0 Å². The van der Waals surface area contributed by atoms with Gasteiger partial charge in [-0.05, 0) is 53.8 Å². The summed E-state index contributed by atoms with van der Waals surface area (Å²) in [6, 6.07) is 6.89. The van der Waals surface area contributed by atoms with Gasteiger partial charge in [0.25, 0.3) is 0 Å². The minimum Gasteiger partial charge on any atom is -0.320 e. The molecule has 166 valence electrons. The molecule has 1 saturated carbocycles. The van der Waals surface area contributed by atoms with Crippen LogP contribution in [0.3, 0.4) is 0 Å². The molecule has 1 saturated heterocycles. The predicted octanol–water partition coefficient (Wildman–Crippen LogP) is 1.57. The second-order valence-electron chi connectivity index (χ2n) is 8.71. The van der Waals surface area contributed by atoms with Crippen LogP contribution in [-0.4, -0.2) is 55.5 Å². The standard InChI is InChI=1S/C22H31N7O2/c23-18(13-16-7-2-1-3-8-16)21(30)25-22(31)20-11-6-12-28(20)14-17-9-4-5-10-19(17)29-15-24-26-27-29/h4-5,9-10,15-16,18,20H,1-3,6-8,11-14,23H2,(H,25,30,31)/t18-,20+/m1/s1. The molecule has 2 atom stereocenters. The van der Waals surface area contributed by atoms with Crippen LogP contribution in [0, 0.1) is 5.92 Å². The lowest BCUT2D eigenvalue weighted by Gasteiger charge is -2.26. The molecule has 4 rings (SSSR count). The monoisotopic (exact) mass is 425 g/mol. The maximum Gasteiger partial charge on any atom is 0.243 e. The maximum absolute atomic E-state index is 12.9. The van der Waals surface area contributed by atoms with Crippen LogP contribution < -0.4 is 11.1 Å². The number of likely N-dealkylation sites (tertiary alicyclic amines) is 1. The minimum atomic E-state index is -0.623. The van der Waals surface area contributed by atoms with Crippen LogP contribution in [0.4, 0.5) is 0 Å². The molecule has 2 aliphatic rings. The van der Waals surface area contributed by atoms with Gasteiger partial charge in [0.15, 0.2) is 0 Å². The number of imide groups is 1. The molecule has 0 spiro atoms. The molecule has 1 aliphatic carbocycles. The van der Waals surface area contributed by atoms with E-state index in [4.69, 9.17) is 5.73 Å². The Morgan fingerprint density at radius 3 is 2.71 bits per heavy atom. The van der Waals surface area contributed by atoms with Gasteiger partial charge in [0.1, 0.15) is 6.33 Å². The van der Waals surface area contributed by atoms with Gasteiger partial charge in [-0.2, -0.15) is 0 Å². The highest BCUT2D eigenvalue weighted by atomic mass is 16.2. The number of benzene rings is 1. The number of nitrogens with two attached hydrogens (primary N) is 1. The van der Waals surface area contributed by atoms with Crippen molar-refractivity contribution in [2.75, 3.05) is 6.54 Å². The molecule has 3 N–H and O–H groups in total. The number of amides is 2. The molecule has 9 nitrogen and oxygen atoms in total. The Hall–Kier alpha value is -2.65. The average Bonchev–Trinajstić information content (AvgIpc) is 3.47. The molecule has 2 amide bonds. The molecule has 2 fully saturated rings. The van der Waals surface area contributed by atoms with Crippen molar-refractivity contribution in [2.45, 2.75) is 70.0 Å². The Bertz CT molecular complexity index is 880. The van der Waals surface area contributed by atoms with Gasteiger partial charge in [-0.25, -0.2) is 4.68 Å². The van der Waals surface area contributed by atoms with Crippen molar-refractivity contribution in [1.82, 2.24) is 30.4 Å². The Morgan fingerprint density at radius 1 is 1.13 bits per heavy atom. The summed E-state index contributed by atoms with van der Waals surface area (Å²) in [7, 11) is 0. The SMILES string of the molecule is N[C@H](CC1CCCCC1)C(=O)NC(=O)[C@@H]1CCCN1Cc1ccccc1-n1cnnn1. The van der Waals surface area contributed by atoms with E-state index in [1.54, 1.807) is 11.0 Å². The first-order valence-corrected chi connectivity index (χ1v) is 11.3. The lowest BCUT2D eigenvalue weighted by molar-refractivity contribution is -0.134. The van der Waals surface area contributed by atoms with E-state index in [1.165, 1.54) is 19.3 Å². The number of rotatable bonds is 7. The molecular weight excluding hydrogens is 394 g/mol. The zero-order valence-electron chi connectivity index (χ0n) is 17.8. The van der Waals surface area contributed by atoms with E-state index in [2.05, 4.69) is 25.7 Å². The van der Waals surface area contributed by atoms with E-state index in [-0.39, 0.29) is 17.9 Å². The first kappa shape index (κ1) is 21.6. The average molecular weight is 426 g/mol. The number of carbonyl (C=O) groups excluding carboxylic acids is 2. The number of nitrogens with zero attached hydrogens (tertiary/aromatic N) is 5. The maximum atomic E-state index is 12.9. The molecule has 0 radical (unpaired) electrons. The van der Waals surface area contributed by atoms with E-state index < -0.39 is 6.04 Å². The second-order valence-corrected chi connectivity index (χ2v) is 8.71.